The van der Waals surface area contributed by atoms with E-state index in [0.29, 0.717) is 13.1 Å². The van der Waals surface area contributed by atoms with E-state index in [4.69, 9.17) is 4.42 Å². The van der Waals surface area contributed by atoms with E-state index in [1.54, 1.807) is 0 Å². The molecule has 8 nitrogen and oxygen atoms in total. The summed E-state index contributed by atoms with van der Waals surface area (Å²) >= 11 is 0. The number of carbonyl (C=O) groups excluding carboxylic acids is 1. The molecule has 4 rings (SSSR count). The van der Waals surface area contributed by atoms with Crippen LogP contribution in [0.25, 0.3) is 11.5 Å². The third kappa shape index (κ3) is 4.50. The third-order valence-electron chi connectivity index (χ3n) is 4.92. The van der Waals surface area contributed by atoms with Gasteiger partial charge in [0.05, 0.1) is 10.5 Å². The van der Waals surface area contributed by atoms with Gasteiger partial charge in [-0.3, -0.25) is 10.1 Å². The van der Waals surface area contributed by atoms with E-state index in [1.165, 1.54) is 40.7 Å². The molecule has 0 aliphatic carbocycles. The number of nitrogens with zero attached hydrogens (tertiary/aromatic N) is 3. The second kappa shape index (κ2) is 8.36. The average Bonchev–Trinajstić information content (AvgIpc) is 3.46. The molecule has 1 aliphatic rings. The lowest BCUT2D eigenvalue weighted by Gasteiger charge is -2.15. The summed E-state index contributed by atoms with van der Waals surface area (Å²) in [5.74, 6) is -0.682. The molecule has 32 heavy (non-hydrogen) atoms. The highest BCUT2D eigenvalue weighted by molar-refractivity contribution is 7.89. The predicted molar refractivity (Wildman–Crippen MR) is 107 cm³/mol. The number of nitrogens with one attached hydrogen (secondary N) is 1. The van der Waals surface area contributed by atoms with Crippen LogP contribution in [-0.2, 0) is 16.2 Å². The molecule has 0 saturated carbocycles. The molecule has 1 saturated heterocycles. The fourth-order valence-electron chi connectivity index (χ4n) is 3.22. The molecule has 0 atom stereocenters. The summed E-state index contributed by atoms with van der Waals surface area (Å²) in [6, 6.07) is 9.32. The zero-order chi connectivity index (χ0) is 22.9. The number of hydrogen-bond donors (Lipinski definition) is 1. The number of halogens is 3. The normalized spacial score (nSPS) is 15.1. The van der Waals surface area contributed by atoms with Crippen molar-refractivity contribution in [2.24, 2.45) is 0 Å². The Kier molecular flexibility index (Phi) is 5.73. The Morgan fingerprint density at radius 2 is 1.59 bits per heavy atom. The van der Waals surface area contributed by atoms with Gasteiger partial charge in [0.1, 0.15) is 0 Å². The van der Waals surface area contributed by atoms with Crippen molar-refractivity contribution in [1.82, 2.24) is 14.5 Å². The van der Waals surface area contributed by atoms with Gasteiger partial charge in [0.25, 0.3) is 5.91 Å². The highest BCUT2D eigenvalue weighted by atomic mass is 32.2. The van der Waals surface area contributed by atoms with Gasteiger partial charge in [0, 0.05) is 24.2 Å². The van der Waals surface area contributed by atoms with Gasteiger partial charge in [-0.1, -0.05) is 5.10 Å². The van der Waals surface area contributed by atoms with E-state index < -0.39 is 27.7 Å². The van der Waals surface area contributed by atoms with E-state index in [-0.39, 0.29) is 27.9 Å². The summed E-state index contributed by atoms with van der Waals surface area (Å²) in [7, 11) is -3.59. The monoisotopic (exact) mass is 466 g/mol. The summed E-state index contributed by atoms with van der Waals surface area (Å²) in [4.78, 5) is 12.5. The number of carbonyl (C=O) groups is 1. The van der Waals surface area contributed by atoms with Crippen LogP contribution in [0.4, 0.5) is 19.2 Å². The van der Waals surface area contributed by atoms with Gasteiger partial charge in [-0.2, -0.15) is 17.5 Å². The molecule has 12 heteroatoms. The van der Waals surface area contributed by atoms with Crippen LogP contribution in [-0.4, -0.2) is 41.9 Å². The van der Waals surface area contributed by atoms with Crippen LogP contribution in [0.1, 0.15) is 28.8 Å². The van der Waals surface area contributed by atoms with Gasteiger partial charge < -0.3 is 4.42 Å². The molecule has 1 N–H and O–H groups in total. The molecule has 0 bridgehead atoms. The molecule has 1 amide bonds. The first kappa shape index (κ1) is 22.0. The smallest absolute Gasteiger partial charge is 0.403 e. The van der Waals surface area contributed by atoms with Crippen molar-refractivity contribution in [1.29, 1.82) is 0 Å². The Balaban J connectivity index is 1.44. The third-order valence-corrected chi connectivity index (χ3v) is 6.84. The largest absolute Gasteiger partial charge is 0.416 e. The van der Waals surface area contributed by atoms with Crippen molar-refractivity contribution >= 4 is 21.9 Å². The fraction of sp³-hybridized carbons (Fsp3) is 0.250. The van der Waals surface area contributed by atoms with Crippen molar-refractivity contribution < 1.29 is 30.8 Å². The summed E-state index contributed by atoms with van der Waals surface area (Å²) in [6.07, 6.45) is -2.83. The number of alkyl halides is 3. The van der Waals surface area contributed by atoms with Crippen LogP contribution in [0.15, 0.2) is 57.8 Å². The molecule has 168 valence electrons. The molecule has 1 fully saturated rings. The molecular formula is C20H17F3N4O4S. The first-order valence-electron chi connectivity index (χ1n) is 9.57. The molecule has 3 aromatic rings. The zero-order valence-corrected chi connectivity index (χ0v) is 17.3. The Bertz CT molecular complexity index is 1220. The standard InChI is InChI=1S/C20H17F3N4O4S/c21-20(22,23)15-7-3-14(4-8-15)18-25-26-19(31-18)24-17(28)13-5-9-16(10-6-13)32(29,30)27-11-1-2-12-27/h3-10H,1-2,11-12H2,(H,24,26,28). The van der Waals surface area contributed by atoms with E-state index in [2.05, 4.69) is 15.5 Å². The molecular weight excluding hydrogens is 449 g/mol. The quantitative estimate of drug-likeness (QED) is 0.613. The summed E-state index contributed by atoms with van der Waals surface area (Å²) < 4.78 is 69.8. The molecule has 0 unspecified atom stereocenters. The van der Waals surface area contributed by atoms with Crippen LogP contribution < -0.4 is 5.32 Å². The first-order valence-corrected chi connectivity index (χ1v) is 11.0. The number of benzene rings is 2. The lowest BCUT2D eigenvalue weighted by Crippen LogP contribution is -2.27. The number of anilines is 1. The maximum Gasteiger partial charge on any atom is 0.416 e. The molecule has 1 aliphatic heterocycles. The van der Waals surface area contributed by atoms with E-state index in [0.717, 1.165) is 25.0 Å². The van der Waals surface area contributed by atoms with Crippen LogP contribution in [0.5, 0.6) is 0 Å². The van der Waals surface area contributed by atoms with E-state index in [9.17, 15) is 26.4 Å². The van der Waals surface area contributed by atoms with Gasteiger partial charge in [0.15, 0.2) is 0 Å². The van der Waals surface area contributed by atoms with Crippen LogP contribution in [0.3, 0.4) is 0 Å². The summed E-state index contributed by atoms with van der Waals surface area (Å²) in [5.41, 5.74) is -0.397. The molecule has 0 radical (unpaired) electrons. The minimum atomic E-state index is -4.46. The van der Waals surface area contributed by atoms with Crippen LogP contribution in [0.2, 0.25) is 0 Å². The van der Waals surface area contributed by atoms with Gasteiger partial charge in [-0.05, 0) is 61.4 Å². The second-order valence-corrected chi connectivity index (χ2v) is 9.02. The highest BCUT2D eigenvalue weighted by Crippen LogP contribution is 2.31. The van der Waals surface area contributed by atoms with Crippen molar-refractivity contribution in [2.75, 3.05) is 18.4 Å². The minimum absolute atomic E-state index is 0.0684. The van der Waals surface area contributed by atoms with Crippen molar-refractivity contribution in [3.05, 3.63) is 59.7 Å². The van der Waals surface area contributed by atoms with Crippen LogP contribution in [0, 0.1) is 0 Å². The molecule has 1 aromatic heterocycles. The van der Waals surface area contributed by atoms with Gasteiger partial charge in [-0.25, -0.2) is 8.42 Å². The number of rotatable bonds is 5. The van der Waals surface area contributed by atoms with E-state index in [1.807, 2.05) is 0 Å². The summed E-state index contributed by atoms with van der Waals surface area (Å²) in [5, 5.41) is 9.76. The zero-order valence-electron chi connectivity index (χ0n) is 16.5. The number of amides is 1. The predicted octanol–water partition coefficient (Wildman–Crippen LogP) is 3.79. The van der Waals surface area contributed by atoms with Crippen molar-refractivity contribution in [3.8, 4) is 11.5 Å². The Morgan fingerprint density at radius 3 is 2.19 bits per heavy atom. The van der Waals surface area contributed by atoms with Gasteiger partial charge in [0.2, 0.25) is 15.9 Å². The number of hydrogen-bond acceptors (Lipinski definition) is 6. The van der Waals surface area contributed by atoms with Crippen LogP contribution >= 0.6 is 0 Å². The second-order valence-electron chi connectivity index (χ2n) is 7.08. The Hall–Kier alpha value is -3.25. The fourth-order valence-corrected chi connectivity index (χ4v) is 4.73. The average molecular weight is 466 g/mol. The van der Waals surface area contributed by atoms with Gasteiger partial charge in [-0.15, -0.1) is 5.10 Å². The lowest BCUT2D eigenvalue weighted by atomic mass is 10.1. The molecule has 2 aromatic carbocycles. The topological polar surface area (TPSA) is 105 Å². The highest BCUT2D eigenvalue weighted by Gasteiger charge is 2.30. The molecule has 2 heterocycles. The number of sulfonamides is 1. The summed E-state index contributed by atoms with van der Waals surface area (Å²) in [6.45, 7) is 0.950. The minimum Gasteiger partial charge on any atom is -0.403 e. The maximum absolute atomic E-state index is 12.7. The van der Waals surface area contributed by atoms with Gasteiger partial charge >= 0.3 is 12.2 Å². The Labute approximate surface area is 181 Å². The lowest BCUT2D eigenvalue weighted by molar-refractivity contribution is -0.137. The maximum atomic E-state index is 12.7. The van der Waals surface area contributed by atoms with E-state index >= 15 is 0 Å². The van der Waals surface area contributed by atoms with Crippen molar-refractivity contribution in [2.45, 2.75) is 23.9 Å². The number of aromatic nitrogens is 2. The Morgan fingerprint density at radius 1 is 0.969 bits per heavy atom. The van der Waals surface area contributed by atoms with Crippen molar-refractivity contribution in [3.63, 3.8) is 0 Å². The molecule has 0 spiro atoms. The SMILES string of the molecule is O=C(Nc1nnc(-c2ccc(C(F)(F)F)cc2)o1)c1ccc(S(=O)(=O)N2CCCC2)cc1. The first-order chi connectivity index (χ1) is 15.1.